The third-order valence-electron chi connectivity index (χ3n) is 9.59. The molecule has 0 radical (unpaired) electrons. The van der Waals surface area contributed by atoms with Gasteiger partial charge in [0, 0.05) is 36.2 Å². The molecule has 302 valence electrons. The minimum atomic E-state index is -2.34. The molecule has 7 atom stereocenters. The second-order valence-electron chi connectivity index (χ2n) is 13.8. The summed E-state index contributed by atoms with van der Waals surface area (Å²) >= 11 is 0. The van der Waals surface area contributed by atoms with Crippen LogP contribution in [0.3, 0.4) is 0 Å². The van der Waals surface area contributed by atoms with Gasteiger partial charge in [0.2, 0.25) is 24.7 Å². The quantitative estimate of drug-likeness (QED) is 0.0275. The number of H-pyrrole nitrogens is 1. The third-order valence-corrected chi connectivity index (χ3v) is 9.59. The molecule has 0 spiro atoms. The van der Waals surface area contributed by atoms with E-state index < -0.39 is 55.0 Å². The molecule has 1 aliphatic rings. The Labute approximate surface area is 328 Å². The summed E-state index contributed by atoms with van der Waals surface area (Å²) in [4.78, 5) is 58.4. The van der Waals surface area contributed by atoms with Gasteiger partial charge in [0.05, 0.1) is 22.7 Å². The summed E-state index contributed by atoms with van der Waals surface area (Å²) in [5.41, 5.74) is 4.41. The summed E-state index contributed by atoms with van der Waals surface area (Å²) < 4.78 is 24.4. The highest BCUT2D eigenvalue weighted by Gasteiger charge is 2.52. The molecule has 17 heteroatoms. The van der Waals surface area contributed by atoms with Gasteiger partial charge in [-0.05, 0) is 61.9 Å². The molecule has 1 aliphatic heterocycles. The molecule has 58 heavy (non-hydrogen) atoms. The Morgan fingerprint density at radius 2 is 1.74 bits per heavy atom. The van der Waals surface area contributed by atoms with Gasteiger partial charge in [0.15, 0.2) is 11.5 Å². The van der Waals surface area contributed by atoms with E-state index in [4.69, 9.17) is 23.5 Å². The number of carboxylic acid groups (broad SMARTS) is 1. The highest BCUT2D eigenvalue weighted by atomic mass is 16.8. The normalized spacial score (nSPS) is 20.4. The molecule has 3 aromatic carbocycles. The molecule has 1 fully saturated rings. The van der Waals surface area contributed by atoms with Gasteiger partial charge in [-0.15, -0.1) is 0 Å². The van der Waals surface area contributed by atoms with Gasteiger partial charge in [0.25, 0.3) is 0 Å². The molecular formula is C41H39N3O14. The lowest BCUT2D eigenvalue weighted by Gasteiger charge is -2.42. The number of hydrogen-bond acceptors (Lipinski definition) is 14. The third kappa shape index (κ3) is 8.02. The Hall–Kier alpha value is -6.50. The SMILES string of the molecule is Cc1cc(C)cc(-c2c3[nH]ccc3cn2O[C@@H]2[C@@H](Oc3ccc4c(=O)c(-c5ccc(O)cc5)coc4c3)O[C@@H]([C@@H](O)OC(=O)[C@H](NCCC=O)C(=O)O)[C@H](O)[C@H]2O)c1. The number of nitrogens with one attached hydrogen (secondary N) is 2. The van der Waals surface area contributed by atoms with Crippen molar-refractivity contribution in [2.75, 3.05) is 6.54 Å². The van der Waals surface area contributed by atoms with Crippen LogP contribution in [-0.4, -0.2) is 103 Å². The van der Waals surface area contributed by atoms with Crippen molar-refractivity contribution in [3.05, 3.63) is 107 Å². The number of aliphatic hydroxyl groups excluding tert-OH is 3. The van der Waals surface area contributed by atoms with Gasteiger partial charge >= 0.3 is 11.9 Å². The number of esters is 1. The van der Waals surface area contributed by atoms with Gasteiger partial charge in [0.1, 0.15) is 47.5 Å². The number of ether oxygens (including phenoxy) is 3. The first-order chi connectivity index (χ1) is 27.8. The molecule has 7 N–H and O–H groups in total. The number of aromatic amines is 1. The van der Waals surface area contributed by atoms with E-state index in [1.165, 1.54) is 41.3 Å². The first-order valence-corrected chi connectivity index (χ1v) is 18.1. The molecule has 0 amide bonds. The van der Waals surface area contributed by atoms with E-state index in [1.54, 1.807) is 24.5 Å². The number of hydrogen-bond donors (Lipinski definition) is 7. The maximum Gasteiger partial charge on any atom is 0.337 e. The number of aliphatic carboxylic acids is 1. The maximum atomic E-state index is 13.5. The zero-order valence-corrected chi connectivity index (χ0v) is 31.0. The number of rotatable bonds is 14. The van der Waals surface area contributed by atoms with E-state index in [0.29, 0.717) is 23.1 Å². The van der Waals surface area contributed by atoms with Gasteiger partial charge in [-0.2, -0.15) is 4.73 Å². The Bertz CT molecular complexity index is 2510. The van der Waals surface area contributed by atoms with E-state index in [1.807, 2.05) is 38.1 Å². The van der Waals surface area contributed by atoms with Crippen LogP contribution in [0.25, 0.3) is 44.3 Å². The van der Waals surface area contributed by atoms with Crippen LogP contribution in [0.5, 0.6) is 11.5 Å². The van der Waals surface area contributed by atoms with Crippen molar-refractivity contribution in [2.45, 2.75) is 63.3 Å². The molecule has 0 bridgehead atoms. The van der Waals surface area contributed by atoms with Crippen LogP contribution in [0, 0.1) is 13.8 Å². The number of aldehydes is 1. The van der Waals surface area contributed by atoms with Crippen LogP contribution in [0.15, 0.2) is 94.6 Å². The van der Waals surface area contributed by atoms with Crippen molar-refractivity contribution in [3.8, 4) is 33.9 Å². The summed E-state index contributed by atoms with van der Waals surface area (Å²) in [5, 5.41) is 56.5. The highest BCUT2D eigenvalue weighted by Crippen LogP contribution is 2.34. The number of aliphatic hydroxyl groups is 3. The van der Waals surface area contributed by atoms with Gasteiger partial charge in [-0.3, -0.25) is 10.1 Å². The fourth-order valence-electron chi connectivity index (χ4n) is 6.87. The molecule has 4 heterocycles. The fraction of sp³-hybridized carbons (Fsp3) is 0.268. The van der Waals surface area contributed by atoms with E-state index in [0.717, 1.165) is 22.1 Å². The molecule has 7 rings (SSSR count). The number of aryl methyl sites for hydroxylation is 2. The van der Waals surface area contributed by atoms with Crippen molar-refractivity contribution < 1.29 is 63.4 Å². The number of aromatic nitrogens is 2. The van der Waals surface area contributed by atoms with Gasteiger partial charge in [-0.25, -0.2) is 9.59 Å². The topological polar surface area (TPSA) is 252 Å². The van der Waals surface area contributed by atoms with E-state index in [9.17, 15) is 44.7 Å². The first-order valence-electron chi connectivity index (χ1n) is 18.1. The van der Waals surface area contributed by atoms with Crippen molar-refractivity contribution in [1.82, 2.24) is 15.0 Å². The van der Waals surface area contributed by atoms with Crippen molar-refractivity contribution in [2.24, 2.45) is 0 Å². The van der Waals surface area contributed by atoms with Crippen molar-refractivity contribution in [1.29, 1.82) is 0 Å². The maximum absolute atomic E-state index is 13.5. The Kier molecular flexibility index (Phi) is 11.3. The van der Waals surface area contributed by atoms with Crippen LogP contribution < -0.4 is 20.3 Å². The fourth-order valence-corrected chi connectivity index (χ4v) is 6.87. The minimum absolute atomic E-state index is 0.0249. The second-order valence-corrected chi connectivity index (χ2v) is 13.8. The number of carbonyl (C=O) groups is 3. The smallest absolute Gasteiger partial charge is 0.337 e. The summed E-state index contributed by atoms with van der Waals surface area (Å²) in [7, 11) is 0. The van der Waals surface area contributed by atoms with E-state index >= 15 is 0 Å². The van der Waals surface area contributed by atoms with E-state index in [-0.39, 0.29) is 46.4 Å². The number of phenolic OH excluding ortho intramolecular Hbond substituents is 1. The molecule has 6 aromatic rings. The van der Waals surface area contributed by atoms with Crippen LogP contribution in [0.1, 0.15) is 17.5 Å². The lowest BCUT2D eigenvalue weighted by atomic mass is 9.98. The zero-order chi connectivity index (χ0) is 41.2. The minimum Gasteiger partial charge on any atom is -0.508 e. The molecule has 0 saturated carbocycles. The Balaban J connectivity index is 1.23. The number of benzene rings is 3. The number of carbonyl (C=O) groups excluding carboxylic acids is 2. The van der Waals surface area contributed by atoms with Gasteiger partial charge in [-0.1, -0.05) is 29.3 Å². The average molecular weight is 798 g/mol. The standard InChI is InChI=1S/C41H39N3O14/c1-20-14-21(2)16-24(15-20)32-30-23(10-12-43-30)18-44(32)58-37-35(49)34(48)36(40(53)57-39(52)31(38(50)51)42-11-3-13-45)56-41(37)55-26-8-9-27-29(17-26)54-19-28(33(27)47)22-4-6-25(46)7-5-22/h4-10,12-19,31,34-37,40-43,46,48-49,53H,3,11H2,1-2H3,(H,50,51)/t31-,34-,35-,36-,37+,40+,41+/m1/s1. The number of fused-ring (bicyclic) bond motifs is 2. The molecule has 1 saturated heterocycles. The molecule has 0 unspecified atom stereocenters. The average Bonchev–Trinajstić information content (AvgIpc) is 3.77. The Morgan fingerprint density at radius 1 is 1.00 bits per heavy atom. The largest absolute Gasteiger partial charge is 0.508 e. The monoisotopic (exact) mass is 797 g/mol. The summed E-state index contributed by atoms with van der Waals surface area (Å²) in [6, 6.07) is 15.9. The van der Waals surface area contributed by atoms with Crippen LogP contribution in [-0.2, 0) is 23.9 Å². The molecule has 0 aliphatic carbocycles. The van der Waals surface area contributed by atoms with Crippen molar-refractivity contribution >= 4 is 40.1 Å². The number of aromatic hydroxyl groups is 1. The highest BCUT2D eigenvalue weighted by molar-refractivity contribution is 5.98. The molecule has 17 nitrogen and oxygen atoms in total. The summed E-state index contributed by atoms with van der Waals surface area (Å²) in [6.07, 6.45) is -6.37. The molecule has 3 aromatic heterocycles. The van der Waals surface area contributed by atoms with Crippen molar-refractivity contribution in [3.63, 3.8) is 0 Å². The molecular weight excluding hydrogens is 758 g/mol. The predicted molar refractivity (Wildman–Crippen MR) is 205 cm³/mol. The second kappa shape index (κ2) is 16.5. The predicted octanol–water partition coefficient (Wildman–Crippen LogP) is 2.55. The number of carboxylic acids is 1. The number of nitrogens with zero attached hydrogens (tertiary/aromatic N) is 1. The van der Waals surface area contributed by atoms with Crippen LogP contribution in [0.4, 0.5) is 0 Å². The first kappa shape index (κ1) is 39.7. The Morgan fingerprint density at radius 3 is 2.45 bits per heavy atom. The zero-order valence-electron chi connectivity index (χ0n) is 31.0. The summed E-state index contributed by atoms with van der Waals surface area (Å²) in [6.45, 7) is 3.69. The lowest BCUT2D eigenvalue weighted by Crippen LogP contribution is -2.65. The van der Waals surface area contributed by atoms with Gasteiger partial charge < -0.3 is 58.8 Å². The number of phenols is 1. The van der Waals surface area contributed by atoms with Crippen LogP contribution >= 0.6 is 0 Å². The lowest BCUT2D eigenvalue weighted by molar-refractivity contribution is -0.318. The van der Waals surface area contributed by atoms with Crippen LogP contribution in [0.2, 0.25) is 0 Å². The summed E-state index contributed by atoms with van der Waals surface area (Å²) in [5.74, 6) is -3.08. The van der Waals surface area contributed by atoms with E-state index in [2.05, 4.69) is 10.3 Å².